The van der Waals surface area contributed by atoms with E-state index in [9.17, 15) is 5.11 Å². The number of rotatable bonds is 2. The van der Waals surface area contributed by atoms with Crippen LogP contribution in [0, 0.1) is 0 Å². The topological polar surface area (TPSA) is 58.3 Å². The molecule has 2 N–H and O–H groups in total. The highest BCUT2D eigenvalue weighted by Gasteiger charge is 2.29. The van der Waals surface area contributed by atoms with Crippen LogP contribution in [-0.2, 0) is 0 Å². The van der Waals surface area contributed by atoms with Gasteiger partial charge in [-0.05, 0) is 18.9 Å². The van der Waals surface area contributed by atoms with Crippen LogP contribution in [0.15, 0.2) is 16.7 Å². The van der Waals surface area contributed by atoms with E-state index in [0.717, 1.165) is 23.8 Å². The second kappa shape index (κ2) is 3.47. The SMILES string of the molecule is OC1C=C(c2cnc(C3CC3)o2)CNC1. The third-order valence-corrected chi connectivity index (χ3v) is 2.83. The molecular formula is C11H14N2O2. The van der Waals surface area contributed by atoms with Gasteiger partial charge in [-0.3, -0.25) is 0 Å². The first-order valence-corrected chi connectivity index (χ1v) is 5.38. The first-order chi connectivity index (χ1) is 7.33. The van der Waals surface area contributed by atoms with E-state index < -0.39 is 6.10 Å². The lowest BCUT2D eigenvalue weighted by Crippen LogP contribution is -2.31. The molecule has 1 unspecified atom stereocenters. The minimum atomic E-state index is -0.414. The van der Waals surface area contributed by atoms with Crippen LogP contribution in [-0.4, -0.2) is 29.3 Å². The van der Waals surface area contributed by atoms with Crippen LogP contribution < -0.4 is 5.32 Å². The number of hydrogen-bond donors (Lipinski definition) is 2. The van der Waals surface area contributed by atoms with Crippen LogP contribution >= 0.6 is 0 Å². The van der Waals surface area contributed by atoms with Gasteiger partial charge in [0.1, 0.15) is 0 Å². The third-order valence-electron chi connectivity index (χ3n) is 2.83. The van der Waals surface area contributed by atoms with Gasteiger partial charge in [0.15, 0.2) is 11.7 Å². The monoisotopic (exact) mass is 206 g/mol. The van der Waals surface area contributed by atoms with E-state index in [4.69, 9.17) is 4.42 Å². The fraction of sp³-hybridized carbons (Fsp3) is 0.545. The van der Waals surface area contributed by atoms with Gasteiger partial charge < -0.3 is 14.8 Å². The lowest BCUT2D eigenvalue weighted by molar-refractivity contribution is 0.216. The molecule has 0 amide bonds. The Balaban J connectivity index is 1.84. The summed E-state index contributed by atoms with van der Waals surface area (Å²) >= 11 is 0. The van der Waals surface area contributed by atoms with E-state index in [2.05, 4.69) is 10.3 Å². The standard InChI is InChI=1S/C11H14N2O2/c14-9-3-8(4-12-5-9)10-6-13-11(15-10)7-1-2-7/h3,6-7,9,12,14H,1-2,4-5H2. The normalized spacial score (nSPS) is 26.5. The van der Waals surface area contributed by atoms with Crippen LogP contribution in [0.2, 0.25) is 0 Å². The molecule has 80 valence electrons. The molecule has 1 saturated carbocycles. The van der Waals surface area contributed by atoms with Crippen molar-refractivity contribution in [3.8, 4) is 0 Å². The van der Waals surface area contributed by atoms with Crippen molar-refractivity contribution in [3.63, 3.8) is 0 Å². The van der Waals surface area contributed by atoms with Crippen molar-refractivity contribution in [1.29, 1.82) is 0 Å². The molecule has 0 saturated heterocycles. The van der Waals surface area contributed by atoms with Crippen LogP contribution in [0.4, 0.5) is 0 Å². The van der Waals surface area contributed by atoms with Crippen LogP contribution in [0.5, 0.6) is 0 Å². The second-order valence-corrected chi connectivity index (χ2v) is 4.23. The minimum Gasteiger partial charge on any atom is -0.441 e. The summed E-state index contributed by atoms with van der Waals surface area (Å²) in [4.78, 5) is 4.26. The molecule has 1 aliphatic carbocycles. The van der Waals surface area contributed by atoms with Gasteiger partial charge in [-0.15, -0.1) is 0 Å². The Kier molecular flexibility index (Phi) is 2.11. The summed E-state index contributed by atoms with van der Waals surface area (Å²) in [6, 6.07) is 0. The molecule has 4 heteroatoms. The zero-order valence-corrected chi connectivity index (χ0v) is 8.44. The van der Waals surface area contributed by atoms with Crippen molar-refractivity contribution in [2.45, 2.75) is 24.9 Å². The first-order valence-electron chi connectivity index (χ1n) is 5.38. The highest BCUT2D eigenvalue weighted by Crippen LogP contribution is 2.40. The fourth-order valence-electron chi connectivity index (χ4n) is 1.83. The Labute approximate surface area is 88.0 Å². The molecule has 2 heterocycles. The molecule has 1 fully saturated rings. The lowest BCUT2D eigenvalue weighted by atomic mass is 10.1. The Bertz CT molecular complexity index is 393. The molecular weight excluding hydrogens is 192 g/mol. The number of β-amino-alcohol motifs (C(OH)–C–C–N with tert-alkyl or cyclic N) is 1. The second-order valence-electron chi connectivity index (χ2n) is 4.23. The zero-order chi connectivity index (χ0) is 10.3. The Morgan fingerprint density at radius 3 is 3.07 bits per heavy atom. The summed E-state index contributed by atoms with van der Waals surface area (Å²) in [6.45, 7) is 1.36. The van der Waals surface area contributed by atoms with Gasteiger partial charge in [-0.25, -0.2) is 4.98 Å². The smallest absolute Gasteiger partial charge is 0.197 e. The average molecular weight is 206 g/mol. The predicted octanol–water partition coefficient (Wildman–Crippen LogP) is 0.899. The summed E-state index contributed by atoms with van der Waals surface area (Å²) in [5.41, 5.74) is 1.01. The molecule has 4 nitrogen and oxygen atoms in total. The van der Waals surface area contributed by atoms with Gasteiger partial charge in [0.25, 0.3) is 0 Å². The number of nitrogens with zero attached hydrogens (tertiary/aromatic N) is 1. The van der Waals surface area contributed by atoms with Crippen molar-refractivity contribution in [1.82, 2.24) is 10.3 Å². The summed E-state index contributed by atoms with van der Waals surface area (Å²) in [6.07, 6.45) is 5.58. The molecule has 2 aliphatic rings. The molecule has 0 aromatic carbocycles. The van der Waals surface area contributed by atoms with Crippen LogP contribution in [0.3, 0.4) is 0 Å². The Hall–Kier alpha value is -1.13. The summed E-state index contributed by atoms with van der Waals surface area (Å²) in [5, 5.41) is 12.6. The van der Waals surface area contributed by atoms with Crippen molar-refractivity contribution in [3.05, 3.63) is 23.9 Å². The third kappa shape index (κ3) is 1.82. The number of aliphatic hydroxyl groups excluding tert-OH is 1. The first kappa shape index (κ1) is 9.12. The maximum atomic E-state index is 9.47. The van der Waals surface area contributed by atoms with E-state index in [1.807, 2.05) is 6.08 Å². The number of hydrogen-bond acceptors (Lipinski definition) is 4. The fourth-order valence-corrected chi connectivity index (χ4v) is 1.83. The predicted molar refractivity (Wildman–Crippen MR) is 55.3 cm³/mol. The average Bonchev–Trinajstić information content (AvgIpc) is 2.97. The van der Waals surface area contributed by atoms with Crippen LogP contribution in [0.1, 0.15) is 30.4 Å². The molecule has 1 aromatic heterocycles. The molecule has 0 radical (unpaired) electrons. The molecule has 15 heavy (non-hydrogen) atoms. The molecule has 0 spiro atoms. The van der Waals surface area contributed by atoms with Gasteiger partial charge in [-0.2, -0.15) is 0 Å². The van der Waals surface area contributed by atoms with E-state index in [0.29, 0.717) is 12.5 Å². The van der Waals surface area contributed by atoms with Gasteiger partial charge in [0.05, 0.1) is 12.3 Å². The van der Waals surface area contributed by atoms with Crippen molar-refractivity contribution in [2.24, 2.45) is 0 Å². The minimum absolute atomic E-state index is 0.414. The number of nitrogens with one attached hydrogen (secondary N) is 1. The maximum Gasteiger partial charge on any atom is 0.197 e. The molecule has 1 atom stereocenters. The number of oxazole rings is 1. The highest BCUT2D eigenvalue weighted by molar-refractivity contribution is 5.63. The molecule has 3 rings (SSSR count). The largest absolute Gasteiger partial charge is 0.441 e. The van der Waals surface area contributed by atoms with E-state index in [1.165, 1.54) is 12.8 Å². The Morgan fingerprint density at radius 2 is 2.33 bits per heavy atom. The van der Waals surface area contributed by atoms with Gasteiger partial charge >= 0.3 is 0 Å². The molecule has 0 bridgehead atoms. The van der Waals surface area contributed by atoms with Gasteiger partial charge in [0, 0.05) is 24.6 Å². The highest BCUT2D eigenvalue weighted by atomic mass is 16.4. The van der Waals surface area contributed by atoms with E-state index >= 15 is 0 Å². The lowest BCUT2D eigenvalue weighted by Gasteiger charge is -2.16. The van der Waals surface area contributed by atoms with Gasteiger partial charge in [-0.1, -0.05) is 0 Å². The molecule has 1 aliphatic heterocycles. The summed E-state index contributed by atoms with van der Waals surface area (Å²) in [5.74, 6) is 2.19. The zero-order valence-electron chi connectivity index (χ0n) is 8.44. The van der Waals surface area contributed by atoms with Crippen molar-refractivity contribution < 1.29 is 9.52 Å². The number of aliphatic hydroxyl groups is 1. The van der Waals surface area contributed by atoms with E-state index in [1.54, 1.807) is 6.20 Å². The summed E-state index contributed by atoms with van der Waals surface area (Å²) in [7, 11) is 0. The number of aromatic nitrogens is 1. The quantitative estimate of drug-likeness (QED) is 0.754. The van der Waals surface area contributed by atoms with E-state index in [-0.39, 0.29) is 0 Å². The summed E-state index contributed by atoms with van der Waals surface area (Å²) < 4.78 is 5.66. The van der Waals surface area contributed by atoms with Crippen molar-refractivity contribution >= 4 is 5.57 Å². The molecule has 1 aromatic rings. The van der Waals surface area contributed by atoms with Crippen molar-refractivity contribution in [2.75, 3.05) is 13.1 Å². The van der Waals surface area contributed by atoms with Gasteiger partial charge in [0.2, 0.25) is 0 Å². The van der Waals surface area contributed by atoms with Crippen LogP contribution in [0.25, 0.3) is 5.57 Å². The maximum absolute atomic E-state index is 9.47. The Morgan fingerprint density at radius 1 is 1.47 bits per heavy atom.